The maximum absolute atomic E-state index is 8.44. The average molecular weight is 197 g/mol. The van der Waals surface area contributed by atoms with Crippen LogP contribution in [0.1, 0.15) is 6.42 Å². The van der Waals surface area contributed by atoms with Gasteiger partial charge in [0.2, 0.25) is 0 Å². The van der Waals surface area contributed by atoms with Crippen molar-refractivity contribution in [3.05, 3.63) is 18.3 Å². The second kappa shape index (κ2) is 7.23. The summed E-state index contributed by atoms with van der Waals surface area (Å²) in [5.74, 6) is 0.773. The van der Waals surface area contributed by atoms with Crippen molar-refractivity contribution < 1.29 is 9.84 Å². The zero-order valence-electron chi connectivity index (χ0n) is 8.02. The Bertz CT molecular complexity index is 231. The second-order valence-electron chi connectivity index (χ2n) is 2.73. The van der Waals surface area contributed by atoms with Gasteiger partial charge in [-0.2, -0.15) is 5.10 Å². The number of hydrogen-bond acceptors (Lipinski definition) is 5. The number of anilines is 1. The van der Waals surface area contributed by atoms with Crippen molar-refractivity contribution in [2.24, 2.45) is 0 Å². The minimum absolute atomic E-state index is 0.0809. The Morgan fingerprint density at radius 2 is 2.36 bits per heavy atom. The molecule has 0 spiro atoms. The number of nitrogens with one attached hydrogen (secondary N) is 1. The molecular formula is C9H15N3O2. The predicted molar refractivity (Wildman–Crippen MR) is 53.0 cm³/mol. The smallest absolute Gasteiger partial charge is 0.148 e. The van der Waals surface area contributed by atoms with Crippen molar-refractivity contribution in [1.82, 2.24) is 10.2 Å². The molecule has 0 aliphatic heterocycles. The monoisotopic (exact) mass is 197 g/mol. The standard InChI is InChI=1S/C9H15N3O2/c13-6-8-14-7-2-4-10-9-3-1-5-11-12-9/h1,3,5,13H,2,4,6-8H2,(H,10,12). The summed E-state index contributed by atoms with van der Waals surface area (Å²) in [4.78, 5) is 0. The largest absolute Gasteiger partial charge is 0.394 e. The van der Waals surface area contributed by atoms with Crippen LogP contribution in [0.25, 0.3) is 0 Å². The highest BCUT2D eigenvalue weighted by atomic mass is 16.5. The fourth-order valence-electron chi connectivity index (χ4n) is 0.953. The van der Waals surface area contributed by atoms with Gasteiger partial charge in [-0.15, -0.1) is 5.10 Å². The number of aromatic nitrogens is 2. The van der Waals surface area contributed by atoms with E-state index in [0.717, 1.165) is 18.8 Å². The number of rotatable bonds is 7. The van der Waals surface area contributed by atoms with Gasteiger partial charge in [-0.05, 0) is 18.6 Å². The summed E-state index contributed by atoms with van der Waals surface area (Å²) in [6.45, 7) is 1.93. The van der Waals surface area contributed by atoms with E-state index < -0.39 is 0 Å². The highest BCUT2D eigenvalue weighted by Crippen LogP contribution is 1.97. The highest BCUT2D eigenvalue weighted by molar-refractivity contribution is 5.30. The van der Waals surface area contributed by atoms with Crippen molar-refractivity contribution in [1.29, 1.82) is 0 Å². The summed E-state index contributed by atoms with van der Waals surface area (Å²) in [6, 6.07) is 3.69. The quantitative estimate of drug-likeness (QED) is 0.615. The van der Waals surface area contributed by atoms with Gasteiger partial charge in [0.05, 0.1) is 13.2 Å². The van der Waals surface area contributed by atoms with E-state index in [4.69, 9.17) is 9.84 Å². The van der Waals surface area contributed by atoms with Gasteiger partial charge >= 0.3 is 0 Å². The van der Waals surface area contributed by atoms with E-state index in [1.165, 1.54) is 0 Å². The van der Waals surface area contributed by atoms with Gasteiger partial charge in [0.25, 0.3) is 0 Å². The number of hydrogen-bond donors (Lipinski definition) is 2. The Morgan fingerprint density at radius 3 is 3.07 bits per heavy atom. The van der Waals surface area contributed by atoms with Crippen molar-refractivity contribution in [3.8, 4) is 0 Å². The third-order valence-electron chi connectivity index (χ3n) is 1.58. The van der Waals surface area contributed by atoms with Crippen LogP contribution in [0.2, 0.25) is 0 Å². The topological polar surface area (TPSA) is 67.3 Å². The van der Waals surface area contributed by atoms with Gasteiger partial charge in [0.15, 0.2) is 0 Å². The zero-order chi connectivity index (χ0) is 10.1. The van der Waals surface area contributed by atoms with Crippen LogP contribution < -0.4 is 5.32 Å². The molecule has 1 rings (SSSR count). The molecule has 0 aliphatic rings. The van der Waals surface area contributed by atoms with Crippen LogP contribution in [0.4, 0.5) is 5.82 Å². The molecular weight excluding hydrogens is 182 g/mol. The number of ether oxygens (including phenoxy) is 1. The second-order valence-corrected chi connectivity index (χ2v) is 2.73. The zero-order valence-corrected chi connectivity index (χ0v) is 8.02. The van der Waals surface area contributed by atoms with Crippen molar-refractivity contribution in [3.63, 3.8) is 0 Å². The first-order valence-corrected chi connectivity index (χ1v) is 4.63. The van der Waals surface area contributed by atoms with Crippen LogP contribution in [0, 0.1) is 0 Å². The third-order valence-corrected chi connectivity index (χ3v) is 1.58. The molecule has 0 fully saturated rings. The molecule has 0 bridgehead atoms. The fourth-order valence-corrected chi connectivity index (χ4v) is 0.953. The predicted octanol–water partition coefficient (Wildman–Crippen LogP) is 0.287. The number of aliphatic hydroxyl groups excluding tert-OH is 1. The molecule has 5 heteroatoms. The summed E-state index contributed by atoms with van der Waals surface area (Å²) < 4.78 is 5.09. The van der Waals surface area contributed by atoms with Gasteiger partial charge < -0.3 is 15.2 Å². The van der Waals surface area contributed by atoms with Gasteiger partial charge in [-0.1, -0.05) is 0 Å². The lowest BCUT2D eigenvalue weighted by molar-refractivity contribution is 0.0922. The van der Waals surface area contributed by atoms with E-state index in [1.54, 1.807) is 6.20 Å². The average Bonchev–Trinajstić information content (AvgIpc) is 2.25. The molecule has 0 atom stereocenters. The van der Waals surface area contributed by atoms with Crippen molar-refractivity contribution in [2.75, 3.05) is 31.7 Å². The van der Waals surface area contributed by atoms with Gasteiger partial charge in [0.1, 0.15) is 5.82 Å². The first kappa shape index (κ1) is 10.9. The van der Waals surface area contributed by atoms with E-state index >= 15 is 0 Å². The molecule has 0 saturated heterocycles. The van der Waals surface area contributed by atoms with Crippen molar-refractivity contribution >= 4 is 5.82 Å². The molecule has 0 saturated carbocycles. The van der Waals surface area contributed by atoms with Crippen LogP contribution >= 0.6 is 0 Å². The summed E-state index contributed by atoms with van der Waals surface area (Å²) in [6.07, 6.45) is 2.52. The molecule has 0 radical (unpaired) electrons. The molecule has 1 aromatic rings. The Balaban J connectivity index is 1.99. The van der Waals surface area contributed by atoms with E-state index in [0.29, 0.717) is 13.2 Å². The molecule has 1 aromatic heterocycles. The summed E-state index contributed by atoms with van der Waals surface area (Å²) in [5, 5.41) is 19.2. The molecule has 2 N–H and O–H groups in total. The highest BCUT2D eigenvalue weighted by Gasteiger charge is 1.91. The first-order chi connectivity index (χ1) is 6.93. The van der Waals surface area contributed by atoms with Crippen LogP contribution in [0.3, 0.4) is 0 Å². The fraction of sp³-hybridized carbons (Fsp3) is 0.556. The van der Waals surface area contributed by atoms with Gasteiger partial charge in [-0.3, -0.25) is 0 Å². The molecule has 0 aliphatic carbocycles. The Labute approximate surface area is 83.1 Å². The molecule has 14 heavy (non-hydrogen) atoms. The Morgan fingerprint density at radius 1 is 1.43 bits per heavy atom. The van der Waals surface area contributed by atoms with E-state index in [9.17, 15) is 0 Å². The third kappa shape index (κ3) is 4.74. The minimum Gasteiger partial charge on any atom is -0.394 e. The lowest BCUT2D eigenvalue weighted by Crippen LogP contribution is -2.08. The van der Waals surface area contributed by atoms with Gasteiger partial charge in [-0.25, -0.2) is 0 Å². The van der Waals surface area contributed by atoms with Gasteiger partial charge in [0, 0.05) is 19.3 Å². The number of aliphatic hydroxyl groups is 1. The van der Waals surface area contributed by atoms with Crippen LogP contribution in [-0.4, -0.2) is 41.7 Å². The molecule has 0 unspecified atom stereocenters. The van der Waals surface area contributed by atoms with E-state index in [-0.39, 0.29) is 6.61 Å². The minimum atomic E-state index is 0.0809. The first-order valence-electron chi connectivity index (χ1n) is 4.63. The summed E-state index contributed by atoms with van der Waals surface area (Å²) in [5.41, 5.74) is 0. The normalized spacial score (nSPS) is 10.1. The van der Waals surface area contributed by atoms with Crippen LogP contribution in [0.15, 0.2) is 18.3 Å². The maximum Gasteiger partial charge on any atom is 0.148 e. The molecule has 0 amide bonds. The van der Waals surface area contributed by atoms with Crippen LogP contribution in [0.5, 0.6) is 0 Å². The lowest BCUT2D eigenvalue weighted by Gasteiger charge is -2.04. The summed E-state index contributed by atoms with van der Waals surface area (Å²) in [7, 11) is 0. The van der Waals surface area contributed by atoms with Crippen molar-refractivity contribution in [2.45, 2.75) is 6.42 Å². The van der Waals surface area contributed by atoms with Crippen LogP contribution in [-0.2, 0) is 4.74 Å². The van der Waals surface area contributed by atoms with E-state index in [2.05, 4.69) is 15.5 Å². The molecule has 78 valence electrons. The van der Waals surface area contributed by atoms with E-state index in [1.807, 2.05) is 12.1 Å². The summed E-state index contributed by atoms with van der Waals surface area (Å²) >= 11 is 0. The Kier molecular flexibility index (Phi) is 5.62. The molecule has 5 nitrogen and oxygen atoms in total. The molecule has 1 heterocycles. The Hall–Kier alpha value is -1.20. The number of nitrogens with zero attached hydrogens (tertiary/aromatic N) is 2. The maximum atomic E-state index is 8.44. The SMILES string of the molecule is OCCOCCCNc1cccnn1. The molecule has 0 aromatic carbocycles. The lowest BCUT2D eigenvalue weighted by atomic mass is 10.4.